The number of halogens is 3. The van der Waals surface area contributed by atoms with Crippen molar-refractivity contribution in [1.82, 2.24) is 9.55 Å². The van der Waals surface area contributed by atoms with E-state index in [0.717, 1.165) is 4.57 Å². The summed E-state index contributed by atoms with van der Waals surface area (Å²) in [6, 6.07) is 11.4. The molecule has 1 heterocycles. The quantitative estimate of drug-likeness (QED) is 0.660. The molecule has 3 aromatic rings. The van der Waals surface area contributed by atoms with Gasteiger partial charge in [-0.1, -0.05) is 41.3 Å². The summed E-state index contributed by atoms with van der Waals surface area (Å²) in [6.45, 7) is -2.71. The maximum atomic E-state index is 13.4. The lowest BCUT2D eigenvalue weighted by Gasteiger charge is -2.09. The molecule has 1 aromatic heterocycles. The van der Waals surface area contributed by atoms with Crippen LogP contribution in [0.3, 0.4) is 0 Å². The lowest BCUT2D eigenvalue weighted by atomic mass is 9.94. The predicted octanol–water partition coefficient (Wildman–Crippen LogP) is 3.55. The number of hydrogen-bond acceptors (Lipinski definition) is 1. The normalized spacial score (nSPS) is 11.4. The van der Waals surface area contributed by atoms with Crippen molar-refractivity contribution in [2.24, 2.45) is 0 Å². The van der Waals surface area contributed by atoms with E-state index in [9.17, 15) is 8.78 Å². The molecule has 0 saturated heterocycles. The molecule has 20 heavy (non-hydrogen) atoms. The Bertz CT molecular complexity index is 786. The Balaban J connectivity index is 2.35. The standard InChI is InChI=1S/C14H8BClF2N2/c15-8-5-6-10(16)9(7-8)13-19-11-3-1-2-4-12(11)20(13)14(17)18/h1-7,14H. The zero-order valence-electron chi connectivity index (χ0n) is 10.2. The first-order valence-electron chi connectivity index (χ1n) is 5.88. The fourth-order valence-electron chi connectivity index (χ4n) is 2.15. The molecule has 0 aliphatic rings. The van der Waals surface area contributed by atoms with E-state index < -0.39 is 6.55 Å². The first-order chi connectivity index (χ1) is 9.58. The smallest absolute Gasteiger partial charge is 0.266 e. The Morgan fingerprint density at radius 1 is 1.15 bits per heavy atom. The van der Waals surface area contributed by atoms with Gasteiger partial charge in [0.2, 0.25) is 0 Å². The first kappa shape index (κ1) is 13.1. The van der Waals surface area contributed by atoms with E-state index in [1.54, 1.807) is 42.5 Å². The minimum atomic E-state index is -2.71. The van der Waals surface area contributed by atoms with Crippen molar-refractivity contribution in [3.8, 4) is 11.4 Å². The minimum Gasteiger partial charge on any atom is -0.266 e. The molecule has 2 nitrogen and oxygen atoms in total. The summed E-state index contributed by atoms with van der Waals surface area (Å²) in [5, 5.41) is 0.330. The number of para-hydroxylation sites is 2. The lowest BCUT2D eigenvalue weighted by molar-refractivity contribution is 0.0764. The van der Waals surface area contributed by atoms with E-state index in [2.05, 4.69) is 4.98 Å². The van der Waals surface area contributed by atoms with Crippen molar-refractivity contribution in [3.05, 3.63) is 47.5 Å². The van der Waals surface area contributed by atoms with Gasteiger partial charge in [0, 0.05) is 5.56 Å². The monoisotopic (exact) mass is 288 g/mol. The molecule has 0 aliphatic carbocycles. The van der Waals surface area contributed by atoms with Crippen molar-refractivity contribution in [2.45, 2.75) is 6.55 Å². The van der Waals surface area contributed by atoms with Crippen LogP contribution in [0.5, 0.6) is 0 Å². The Labute approximate surface area is 120 Å². The molecule has 0 aliphatic heterocycles. The average Bonchev–Trinajstić information content (AvgIpc) is 2.80. The number of alkyl halides is 2. The molecular weight excluding hydrogens is 280 g/mol. The molecule has 0 N–H and O–H groups in total. The molecule has 0 bridgehead atoms. The number of hydrogen-bond donors (Lipinski definition) is 0. The van der Waals surface area contributed by atoms with Crippen LogP contribution in [0.15, 0.2) is 42.5 Å². The van der Waals surface area contributed by atoms with E-state index in [0.29, 0.717) is 27.1 Å². The van der Waals surface area contributed by atoms with Crippen LogP contribution in [0.4, 0.5) is 8.78 Å². The number of rotatable bonds is 2. The fourth-order valence-corrected chi connectivity index (χ4v) is 2.35. The second kappa shape index (κ2) is 4.91. The van der Waals surface area contributed by atoms with Crippen LogP contribution < -0.4 is 5.46 Å². The molecule has 0 unspecified atom stereocenters. The first-order valence-corrected chi connectivity index (χ1v) is 6.26. The van der Waals surface area contributed by atoms with Crippen LogP contribution in [-0.4, -0.2) is 17.4 Å². The van der Waals surface area contributed by atoms with E-state index in [1.807, 2.05) is 0 Å². The van der Waals surface area contributed by atoms with Crippen molar-refractivity contribution in [1.29, 1.82) is 0 Å². The molecular formula is C14H8BClF2N2. The third kappa shape index (κ3) is 2.08. The molecule has 0 spiro atoms. The molecule has 0 amide bonds. The zero-order chi connectivity index (χ0) is 14.3. The van der Waals surface area contributed by atoms with Crippen LogP contribution in [0.25, 0.3) is 22.4 Å². The van der Waals surface area contributed by atoms with Crippen LogP contribution in [0.1, 0.15) is 6.55 Å². The summed E-state index contributed by atoms with van der Waals surface area (Å²) >= 11 is 6.08. The van der Waals surface area contributed by atoms with E-state index in [-0.39, 0.29) is 5.82 Å². The SMILES string of the molecule is [B]c1ccc(Cl)c(-c2nc3ccccc3n2C(F)F)c1. The van der Waals surface area contributed by atoms with Crippen molar-refractivity contribution in [3.63, 3.8) is 0 Å². The summed E-state index contributed by atoms with van der Waals surface area (Å²) in [5.74, 6) is 0.110. The van der Waals surface area contributed by atoms with Gasteiger partial charge in [-0.05, 0) is 18.2 Å². The number of nitrogens with zero attached hydrogens (tertiary/aromatic N) is 2. The highest BCUT2D eigenvalue weighted by molar-refractivity contribution is 6.36. The van der Waals surface area contributed by atoms with Gasteiger partial charge in [0.05, 0.1) is 16.1 Å². The maximum Gasteiger partial charge on any atom is 0.320 e. The van der Waals surface area contributed by atoms with Crippen molar-refractivity contribution >= 4 is 35.9 Å². The highest BCUT2D eigenvalue weighted by atomic mass is 35.5. The Kier molecular flexibility index (Phi) is 3.22. The predicted molar refractivity (Wildman–Crippen MR) is 76.8 cm³/mol. The van der Waals surface area contributed by atoms with Crippen molar-refractivity contribution < 1.29 is 8.78 Å². The third-order valence-corrected chi connectivity index (χ3v) is 3.35. The van der Waals surface area contributed by atoms with Crippen LogP contribution >= 0.6 is 11.6 Å². The van der Waals surface area contributed by atoms with Crippen molar-refractivity contribution in [2.75, 3.05) is 0 Å². The summed E-state index contributed by atoms with van der Waals surface area (Å²) < 4.78 is 27.6. The van der Waals surface area contributed by atoms with E-state index in [4.69, 9.17) is 19.4 Å². The Morgan fingerprint density at radius 3 is 2.65 bits per heavy atom. The lowest BCUT2D eigenvalue weighted by Crippen LogP contribution is -2.05. The molecule has 2 aromatic carbocycles. The topological polar surface area (TPSA) is 17.8 Å². The average molecular weight is 288 g/mol. The van der Waals surface area contributed by atoms with Crippen LogP contribution in [0.2, 0.25) is 5.02 Å². The maximum absolute atomic E-state index is 13.4. The van der Waals surface area contributed by atoms with Gasteiger partial charge in [-0.2, -0.15) is 8.78 Å². The second-order valence-corrected chi connectivity index (χ2v) is 4.72. The summed E-state index contributed by atoms with van der Waals surface area (Å²) in [6.07, 6.45) is 0. The summed E-state index contributed by atoms with van der Waals surface area (Å²) in [7, 11) is 5.70. The summed E-state index contributed by atoms with van der Waals surface area (Å²) in [4.78, 5) is 4.25. The Hall–Kier alpha value is -1.88. The third-order valence-electron chi connectivity index (χ3n) is 3.02. The number of benzene rings is 2. The van der Waals surface area contributed by atoms with E-state index >= 15 is 0 Å². The Morgan fingerprint density at radius 2 is 1.90 bits per heavy atom. The highest BCUT2D eigenvalue weighted by Crippen LogP contribution is 2.32. The molecule has 3 rings (SSSR count). The van der Waals surface area contributed by atoms with Gasteiger partial charge in [-0.25, -0.2) is 4.98 Å². The van der Waals surface area contributed by atoms with Gasteiger partial charge in [0.1, 0.15) is 13.7 Å². The van der Waals surface area contributed by atoms with Gasteiger partial charge in [0.15, 0.2) is 0 Å². The van der Waals surface area contributed by atoms with Gasteiger partial charge in [-0.15, -0.1) is 0 Å². The molecule has 0 atom stereocenters. The largest absolute Gasteiger partial charge is 0.320 e. The van der Waals surface area contributed by atoms with Crippen LogP contribution in [-0.2, 0) is 0 Å². The van der Waals surface area contributed by atoms with Gasteiger partial charge < -0.3 is 0 Å². The molecule has 6 heteroatoms. The number of aromatic nitrogens is 2. The van der Waals surface area contributed by atoms with E-state index in [1.165, 1.54) is 0 Å². The number of fused-ring (bicyclic) bond motifs is 1. The molecule has 0 fully saturated rings. The summed E-state index contributed by atoms with van der Waals surface area (Å²) in [5.41, 5.74) is 1.68. The van der Waals surface area contributed by atoms with Gasteiger partial charge in [-0.3, -0.25) is 4.57 Å². The highest BCUT2D eigenvalue weighted by Gasteiger charge is 2.20. The fraction of sp³-hybridized carbons (Fsp3) is 0.0714. The minimum absolute atomic E-state index is 0.110. The molecule has 2 radical (unpaired) electrons. The van der Waals surface area contributed by atoms with Crippen LogP contribution in [0, 0.1) is 0 Å². The van der Waals surface area contributed by atoms with Gasteiger partial charge in [0.25, 0.3) is 0 Å². The zero-order valence-corrected chi connectivity index (χ0v) is 11.0. The number of imidazole rings is 1. The molecule has 0 saturated carbocycles. The van der Waals surface area contributed by atoms with Gasteiger partial charge >= 0.3 is 6.55 Å². The molecule has 98 valence electrons. The second-order valence-electron chi connectivity index (χ2n) is 4.31.